The second-order valence-corrected chi connectivity index (χ2v) is 5.40. The first-order valence-corrected chi connectivity index (χ1v) is 7.38. The molecule has 0 saturated heterocycles. The van der Waals surface area contributed by atoms with Crippen molar-refractivity contribution in [1.29, 1.82) is 0 Å². The van der Waals surface area contributed by atoms with E-state index in [9.17, 15) is 4.79 Å². The lowest BCUT2D eigenvalue weighted by molar-refractivity contribution is -0.00000754. The molecule has 0 aliphatic heterocycles. The van der Waals surface area contributed by atoms with Crippen molar-refractivity contribution in [2.75, 3.05) is 29.9 Å². The number of carbonyl (C=O) groups excluding carboxylic acids is 1. The van der Waals surface area contributed by atoms with Crippen LogP contribution in [-0.2, 0) is 0 Å². The molecule has 2 amide bonds. The highest BCUT2D eigenvalue weighted by Gasteiger charge is 2.07. The Hall–Kier alpha value is -1.42. The molecule has 1 rings (SSSR count). The van der Waals surface area contributed by atoms with Gasteiger partial charge in [0.05, 0.1) is 0 Å². The molecule has 21 heavy (non-hydrogen) atoms. The lowest BCUT2D eigenvalue weighted by atomic mass is 10.1. The fourth-order valence-corrected chi connectivity index (χ4v) is 2.04. The number of aryl methyl sites for hydroxylation is 1. The average molecular weight is 313 g/mol. The fourth-order valence-electron chi connectivity index (χ4n) is 2.04. The van der Waals surface area contributed by atoms with Gasteiger partial charge in [-0.15, -0.1) is 0 Å². The summed E-state index contributed by atoms with van der Waals surface area (Å²) in [5.74, 6) is 0.451. The van der Waals surface area contributed by atoms with Gasteiger partial charge in [0.15, 0.2) is 0 Å². The molecule has 1 aromatic carbocycles. The summed E-state index contributed by atoms with van der Waals surface area (Å²) in [7, 11) is 0. The molecule has 120 valence electrons. The number of nitrogens with one attached hydrogen (secondary N) is 2. The van der Waals surface area contributed by atoms with Crippen LogP contribution in [0.2, 0.25) is 0 Å². The van der Waals surface area contributed by atoms with Crippen LogP contribution in [0.3, 0.4) is 0 Å². The lowest BCUT2D eigenvalue weighted by Gasteiger charge is -2.22. The van der Waals surface area contributed by atoms with Crippen LogP contribution >= 0.6 is 0 Å². The molecular weight excluding hydrogens is 286 g/mol. The van der Waals surface area contributed by atoms with Crippen molar-refractivity contribution in [3.8, 4) is 0 Å². The van der Waals surface area contributed by atoms with E-state index in [2.05, 4.69) is 55.4 Å². The maximum atomic E-state index is 11.8. The van der Waals surface area contributed by atoms with Gasteiger partial charge in [-0.2, -0.15) is 0 Å². The van der Waals surface area contributed by atoms with Crippen LogP contribution in [-0.4, -0.2) is 25.7 Å². The van der Waals surface area contributed by atoms with Crippen LogP contribution < -0.4 is 27.9 Å². The van der Waals surface area contributed by atoms with Crippen LogP contribution in [0.5, 0.6) is 0 Å². The third-order valence-electron chi connectivity index (χ3n) is 3.26. The molecule has 0 saturated carbocycles. The first kappa shape index (κ1) is 19.6. The largest absolute Gasteiger partial charge is 1.00 e. The van der Waals surface area contributed by atoms with Crippen molar-refractivity contribution in [2.24, 2.45) is 5.92 Å². The number of hydrogen-bond donors (Lipinski definition) is 2. The number of hydrogen-bond acceptors (Lipinski definition) is 2. The summed E-state index contributed by atoms with van der Waals surface area (Å²) in [6.45, 7) is 13.1. The highest BCUT2D eigenvalue weighted by Crippen LogP contribution is 2.22. The number of nitrogens with zero attached hydrogens (tertiary/aromatic N) is 1. The van der Waals surface area contributed by atoms with Gasteiger partial charge in [0.25, 0.3) is 0 Å². The van der Waals surface area contributed by atoms with E-state index < -0.39 is 0 Å². The van der Waals surface area contributed by atoms with Crippen molar-refractivity contribution in [1.82, 2.24) is 5.32 Å². The number of halogens is 1. The Morgan fingerprint density at radius 3 is 2.33 bits per heavy atom. The van der Waals surface area contributed by atoms with Crippen molar-refractivity contribution in [2.45, 2.75) is 34.6 Å². The Balaban J connectivity index is 0.00000400. The number of anilines is 2. The van der Waals surface area contributed by atoms with Crippen LogP contribution in [0.25, 0.3) is 0 Å². The quantitative estimate of drug-likeness (QED) is 0.809. The van der Waals surface area contributed by atoms with E-state index in [-0.39, 0.29) is 18.4 Å². The van der Waals surface area contributed by atoms with E-state index in [1.54, 1.807) is 0 Å². The number of amides is 2. The second kappa shape index (κ2) is 9.50. The van der Waals surface area contributed by atoms with E-state index >= 15 is 0 Å². The van der Waals surface area contributed by atoms with Crippen LogP contribution in [0, 0.1) is 12.8 Å². The lowest BCUT2D eigenvalue weighted by Crippen LogP contribution is -3.00. The Morgan fingerprint density at radius 1 is 1.24 bits per heavy atom. The number of carbonyl (C=O) groups is 1. The molecule has 5 heteroatoms. The summed E-state index contributed by atoms with van der Waals surface area (Å²) in [4.78, 5) is 14.1. The summed E-state index contributed by atoms with van der Waals surface area (Å²) in [6.07, 6.45) is 0. The van der Waals surface area contributed by atoms with Crippen molar-refractivity contribution < 1.29 is 17.2 Å². The molecule has 0 aliphatic carbocycles. The third kappa shape index (κ3) is 6.25. The maximum Gasteiger partial charge on any atom is 0.319 e. The van der Waals surface area contributed by atoms with E-state index in [0.29, 0.717) is 12.5 Å². The van der Waals surface area contributed by atoms with Crippen molar-refractivity contribution in [3.05, 3.63) is 23.8 Å². The zero-order valence-electron chi connectivity index (χ0n) is 13.7. The molecule has 0 aliphatic rings. The molecule has 2 N–H and O–H groups in total. The SMILES string of the molecule is CCN(CC)c1ccc(NC(=O)NCC(C)C)c(C)c1.[Cl-]. The maximum absolute atomic E-state index is 11.8. The van der Waals surface area contributed by atoms with E-state index in [1.807, 2.05) is 13.0 Å². The Bertz CT molecular complexity index is 445. The third-order valence-corrected chi connectivity index (χ3v) is 3.26. The van der Waals surface area contributed by atoms with Crippen LogP contribution in [0.4, 0.5) is 16.2 Å². The van der Waals surface area contributed by atoms with Crippen LogP contribution in [0.1, 0.15) is 33.3 Å². The number of rotatable bonds is 6. The first-order chi connectivity index (χ1) is 9.47. The van der Waals surface area contributed by atoms with Gasteiger partial charge >= 0.3 is 6.03 Å². The van der Waals surface area contributed by atoms with Gasteiger partial charge in [0, 0.05) is 31.0 Å². The summed E-state index contributed by atoms with van der Waals surface area (Å²) < 4.78 is 0. The van der Waals surface area contributed by atoms with Crippen LogP contribution in [0.15, 0.2) is 18.2 Å². The Labute approximate surface area is 134 Å². The van der Waals surface area contributed by atoms with Crippen molar-refractivity contribution >= 4 is 17.4 Å². The smallest absolute Gasteiger partial charge is 0.319 e. The predicted octanol–water partition coefficient (Wildman–Crippen LogP) is 0.623. The molecular formula is C16H27ClN3O-. The molecule has 0 aromatic heterocycles. The molecule has 0 spiro atoms. The van der Waals surface area contributed by atoms with Gasteiger partial charge in [-0.25, -0.2) is 4.79 Å². The van der Waals surface area contributed by atoms with Gasteiger partial charge in [-0.05, 0) is 50.5 Å². The summed E-state index contributed by atoms with van der Waals surface area (Å²) in [6, 6.07) is 6.00. The summed E-state index contributed by atoms with van der Waals surface area (Å²) in [5.41, 5.74) is 3.14. The van der Waals surface area contributed by atoms with Crippen molar-refractivity contribution in [3.63, 3.8) is 0 Å². The first-order valence-electron chi connectivity index (χ1n) is 7.38. The summed E-state index contributed by atoms with van der Waals surface area (Å²) in [5, 5.41) is 5.76. The van der Waals surface area contributed by atoms with Gasteiger partial charge in [-0.3, -0.25) is 0 Å². The number of urea groups is 1. The molecule has 1 aromatic rings. The minimum absolute atomic E-state index is 0. The fraction of sp³-hybridized carbons (Fsp3) is 0.562. The zero-order chi connectivity index (χ0) is 15.1. The molecule has 0 fully saturated rings. The molecule has 0 bridgehead atoms. The summed E-state index contributed by atoms with van der Waals surface area (Å²) >= 11 is 0. The molecule has 0 heterocycles. The van der Waals surface area contributed by atoms with E-state index in [0.717, 1.165) is 24.3 Å². The van der Waals surface area contributed by atoms with Gasteiger partial charge in [-0.1, -0.05) is 13.8 Å². The minimum atomic E-state index is -0.141. The standard InChI is InChI=1S/C16H27N3O.ClH/c1-6-19(7-2)14-8-9-15(13(5)10-14)18-16(20)17-11-12(3)4;/h8-10,12H,6-7,11H2,1-5H3,(H2,17,18,20);1H/p-1. The van der Waals surface area contributed by atoms with Gasteiger partial charge in [0.2, 0.25) is 0 Å². The Kier molecular flexibility index (Phi) is 8.86. The van der Waals surface area contributed by atoms with E-state index in [4.69, 9.17) is 0 Å². The molecule has 0 atom stereocenters. The Morgan fingerprint density at radius 2 is 1.86 bits per heavy atom. The zero-order valence-corrected chi connectivity index (χ0v) is 14.4. The second-order valence-electron chi connectivity index (χ2n) is 5.40. The molecule has 0 unspecified atom stereocenters. The number of benzene rings is 1. The normalized spacial score (nSPS) is 10.0. The van der Waals surface area contributed by atoms with Gasteiger partial charge in [0.1, 0.15) is 0 Å². The highest BCUT2D eigenvalue weighted by atomic mass is 35.5. The predicted molar refractivity (Wildman–Crippen MR) is 86.6 cm³/mol. The average Bonchev–Trinajstić information content (AvgIpc) is 2.41. The molecule has 0 radical (unpaired) electrons. The highest BCUT2D eigenvalue weighted by molar-refractivity contribution is 5.90. The monoisotopic (exact) mass is 312 g/mol. The van der Waals surface area contributed by atoms with E-state index in [1.165, 1.54) is 5.69 Å². The van der Waals surface area contributed by atoms with Gasteiger partial charge < -0.3 is 27.9 Å². The minimum Gasteiger partial charge on any atom is -1.00 e. The molecule has 4 nitrogen and oxygen atoms in total. The topological polar surface area (TPSA) is 44.4 Å².